The lowest BCUT2D eigenvalue weighted by molar-refractivity contribution is -0.139. The molecule has 0 fully saturated rings. The van der Waals surface area contributed by atoms with Crippen LogP contribution in [0.15, 0.2) is 24.5 Å². The molecule has 2 aromatic rings. The molecule has 1 aromatic carbocycles. The molecule has 1 N–H and O–H groups in total. The molecule has 0 amide bonds. The topological polar surface area (TPSA) is 46.0 Å². The fourth-order valence-electron chi connectivity index (χ4n) is 1.31. The number of hydrogen-bond acceptors (Lipinski definition) is 3. The zero-order valence-corrected chi connectivity index (χ0v) is 7.28. The van der Waals surface area contributed by atoms with Crippen molar-refractivity contribution in [1.82, 2.24) is 9.97 Å². The molecule has 0 spiro atoms. The van der Waals surface area contributed by atoms with Crippen LogP contribution in [-0.2, 0) is 6.18 Å². The van der Waals surface area contributed by atoms with Crippen LogP contribution in [0.5, 0.6) is 5.75 Å². The Kier molecular flexibility index (Phi) is 1.99. The minimum atomic E-state index is -4.60. The minimum absolute atomic E-state index is 0.0670. The van der Waals surface area contributed by atoms with Crippen LogP contribution in [0, 0.1) is 0 Å². The molecule has 3 nitrogen and oxygen atoms in total. The first-order valence-corrected chi connectivity index (χ1v) is 4.00. The molecule has 6 heteroatoms. The molecule has 1 aromatic heterocycles. The fraction of sp³-hybridized carbons (Fsp3) is 0.111. The number of nitrogens with zero attached hydrogens (tertiary/aromatic N) is 2. The zero-order chi connectivity index (χ0) is 11.1. The first-order chi connectivity index (χ1) is 7.00. The average molecular weight is 214 g/mol. The van der Waals surface area contributed by atoms with Crippen LogP contribution in [0.3, 0.4) is 0 Å². The first-order valence-electron chi connectivity index (χ1n) is 4.00. The van der Waals surface area contributed by atoms with Crippen molar-refractivity contribution in [3.63, 3.8) is 0 Å². The molecule has 1 heterocycles. The number of rotatable bonds is 0. The summed E-state index contributed by atoms with van der Waals surface area (Å²) in [6, 6.07) is 3.97. The molecule has 0 saturated carbocycles. The Morgan fingerprint density at radius 1 is 1.13 bits per heavy atom. The van der Waals surface area contributed by atoms with Crippen LogP contribution in [0.1, 0.15) is 5.69 Å². The van der Waals surface area contributed by atoms with Crippen LogP contribution in [-0.4, -0.2) is 15.1 Å². The van der Waals surface area contributed by atoms with Gasteiger partial charge in [-0.25, -0.2) is 9.97 Å². The van der Waals surface area contributed by atoms with Crippen LogP contribution in [0.4, 0.5) is 13.2 Å². The van der Waals surface area contributed by atoms with Gasteiger partial charge in [0.2, 0.25) is 0 Å². The van der Waals surface area contributed by atoms with Crippen molar-refractivity contribution in [3.8, 4) is 5.75 Å². The van der Waals surface area contributed by atoms with E-state index < -0.39 is 17.6 Å². The van der Waals surface area contributed by atoms with Crippen LogP contribution in [0.25, 0.3) is 10.9 Å². The largest absolute Gasteiger partial charge is 0.507 e. The smallest absolute Gasteiger partial charge is 0.434 e. The average Bonchev–Trinajstić information content (AvgIpc) is 2.16. The Labute approximate surface area is 82.2 Å². The summed E-state index contributed by atoms with van der Waals surface area (Å²) in [7, 11) is 0. The summed E-state index contributed by atoms with van der Waals surface area (Å²) in [5.74, 6) is -0.472. The predicted octanol–water partition coefficient (Wildman–Crippen LogP) is 2.35. The van der Waals surface area contributed by atoms with Gasteiger partial charge in [-0.2, -0.15) is 13.2 Å². The summed E-state index contributed by atoms with van der Waals surface area (Å²) in [4.78, 5) is 6.79. The molecule has 0 aliphatic carbocycles. The minimum Gasteiger partial charge on any atom is -0.507 e. The number of phenolic OH excluding ortho intramolecular Hbond substituents is 1. The van der Waals surface area contributed by atoms with Crippen molar-refractivity contribution in [2.75, 3.05) is 0 Å². The van der Waals surface area contributed by atoms with Gasteiger partial charge in [-0.3, -0.25) is 0 Å². The maximum absolute atomic E-state index is 12.5. The van der Waals surface area contributed by atoms with Gasteiger partial charge < -0.3 is 5.11 Å². The van der Waals surface area contributed by atoms with E-state index in [9.17, 15) is 18.3 Å². The molecule has 0 saturated heterocycles. The Morgan fingerprint density at radius 2 is 1.87 bits per heavy atom. The SMILES string of the molecule is Oc1cccc2ncnc(C(F)(F)F)c12. The van der Waals surface area contributed by atoms with Crippen LogP contribution < -0.4 is 0 Å². The van der Waals surface area contributed by atoms with E-state index in [0.717, 1.165) is 6.33 Å². The monoisotopic (exact) mass is 214 g/mol. The number of aromatic hydroxyl groups is 1. The lowest BCUT2D eigenvalue weighted by Crippen LogP contribution is -2.09. The van der Waals surface area contributed by atoms with Crippen molar-refractivity contribution >= 4 is 10.9 Å². The summed E-state index contributed by atoms with van der Waals surface area (Å²) in [6.45, 7) is 0. The van der Waals surface area contributed by atoms with E-state index in [-0.39, 0.29) is 10.9 Å². The highest BCUT2D eigenvalue weighted by Crippen LogP contribution is 2.35. The van der Waals surface area contributed by atoms with E-state index >= 15 is 0 Å². The fourth-order valence-corrected chi connectivity index (χ4v) is 1.31. The Bertz CT molecular complexity index is 505. The van der Waals surface area contributed by atoms with Gasteiger partial charge in [0, 0.05) is 0 Å². The third kappa shape index (κ3) is 1.58. The van der Waals surface area contributed by atoms with Gasteiger partial charge in [-0.15, -0.1) is 0 Å². The Hall–Kier alpha value is -1.85. The van der Waals surface area contributed by atoms with Crippen molar-refractivity contribution < 1.29 is 18.3 Å². The summed E-state index contributed by atoms with van der Waals surface area (Å²) >= 11 is 0. The first kappa shape index (κ1) is 9.70. The van der Waals surface area contributed by atoms with Gasteiger partial charge in [0.15, 0.2) is 5.69 Å². The van der Waals surface area contributed by atoms with Crippen molar-refractivity contribution in [1.29, 1.82) is 0 Å². The summed E-state index contributed by atoms with van der Waals surface area (Å²) in [6.07, 6.45) is -3.77. The summed E-state index contributed by atoms with van der Waals surface area (Å²) in [5, 5.41) is 8.97. The van der Waals surface area contributed by atoms with E-state index in [4.69, 9.17) is 0 Å². The van der Waals surface area contributed by atoms with E-state index in [2.05, 4.69) is 9.97 Å². The van der Waals surface area contributed by atoms with Crippen molar-refractivity contribution in [2.45, 2.75) is 6.18 Å². The Morgan fingerprint density at radius 3 is 2.53 bits per heavy atom. The highest BCUT2D eigenvalue weighted by Gasteiger charge is 2.35. The highest BCUT2D eigenvalue weighted by molar-refractivity contribution is 5.87. The molecular formula is C9H5F3N2O. The molecular weight excluding hydrogens is 209 g/mol. The number of benzene rings is 1. The number of phenols is 1. The summed E-state index contributed by atoms with van der Waals surface area (Å²) in [5.41, 5.74) is -1.05. The zero-order valence-electron chi connectivity index (χ0n) is 7.28. The number of hydrogen-bond donors (Lipinski definition) is 1. The van der Waals surface area contributed by atoms with E-state index in [1.807, 2.05) is 0 Å². The molecule has 15 heavy (non-hydrogen) atoms. The highest BCUT2D eigenvalue weighted by atomic mass is 19.4. The van der Waals surface area contributed by atoms with Gasteiger partial charge in [-0.1, -0.05) is 6.07 Å². The molecule has 2 rings (SSSR count). The maximum Gasteiger partial charge on any atom is 0.434 e. The number of alkyl halides is 3. The molecule has 0 bridgehead atoms. The Balaban J connectivity index is 2.86. The summed E-state index contributed by atoms with van der Waals surface area (Å²) < 4.78 is 37.5. The molecule has 0 aliphatic heterocycles. The van der Waals surface area contributed by atoms with E-state index in [1.54, 1.807) is 0 Å². The second-order valence-corrected chi connectivity index (χ2v) is 2.89. The molecule has 78 valence electrons. The third-order valence-electron chi connectivity index (χ3n) is 1.91. The second kappa shape index (κ2) is 3.08. The number of aromatic nitrogens is 2. The van der Waals surface area contributed by atoms with Gasteiger partial charge >= 0.3 is 6.18 Å². The van der Waals surface area contributed by atoms with Gasteiger partial charge in [0.1, 0.15) is 12.1 Å². The lowest BCUT2D eigenvalue weighted by atomic mass is 10.1. The maximum atomic E-state index is 12.5. The third-order valence-corrected chi connectivity index (χ3v) is 1.91. The van der Waals surface area contributed by atoms with Gasteiger partial charge in [-0.05, 0) is 12.1 Å². The van der Waals surface area contributed by atoms with Crippen LogP contribution >= 0.6 is 0 Å². The quantitative estimate of drug-likeness (QED) is 0.732. The normalized spacial score (nSPS) is 11.9. The number of fused-ring (bicyclic) bond motifs is 1. The van der Waals surface area contributed by atoms with Crippen molar-refractivity contribution in [3.05, 3.63) is 30.2 Å². The van der Waals surface area contributed by atoms with Gasteiger partial charge in [0.05, 0.1) is 10.9 Å². The second-order valence-electron chi connectivity index (χ2n) is 2.89. The molecule has 0 atom stereocenters. The standard InChI is InChI=1S/C9H5F3N2O/c10-9(11,12)8-7-5(13-4-14-8)2-1-3-6(7)15/h1-4,15H. The van der Waals surface area contributed by atoms with Crippen LogP contribution in [0.2, 0.25) is 0 Å². The number of halogens is 3. The molecule has 0 radical (unpaired) electrons. The van der Waals surface area contributed by atoms with Gasteiger partial charge in [0.25, 0.3) is 0 Å². The molecule has 0 aliphatic rings. The van der Waals surface area contributed by atoms with E-state index in [1.165, 1.54) is 18.2 Å². The lowest BCUT2D eigenvalue weighted by Gasteiger charge is -2.08. The predicted molar refractivity (Wildman–Crippen MR) is 46.2 cm³/mol. The van der Waals surface area contributed by atoms with Crippen molar-refractivity contribution in [2.24, 2.45) is 0 Å². The molecule has 0 unspecified atom stereocenters. The van der Waals surface area contributed by atoms with E-state index in [0.29, 0.717) is 0 Å².